The lowest BCUT2D eigenvalue weighted by atomic mass is 9.96. The Balaban J connectivity index is 1.52. The summed E-state index contributed by atoms with van der Waals surface area (Å²) < 4.78 is 26.6. The number of rotatable bonds is 5. The molecule has 2 atom stereocenters. The summed E-state index contributed by atoms with van der Waals surface area (Å²) in [6, 6.07) is 10.1. The van der Waals surface area contributed by atoms with E-state index in [-0.39, 0.29) is 17.6 Å². The number of hydrogen-bond donors (Lipinski definition) is 0. The minimum absolute atomic E-state index is 0.00691. The number of halogens is 1. The molecule has 0 bridgehead atoms. The molecule has 4 rings (SSSR count). The number of benzene rings is 1. The van der Waals surface area contributed by atoms with Crippen molar-refractivity contribution in [3.63, 3.8) is 0 Å². The number of nitrogens with zero attached hydrogens (tertiary/aromatic N) is 3. The van der Waals surface area contributed by atoms with E-state index in [1.807, 2.05) is 6.07 Å². The predicted octanol–water partition coefficient (Wildman–Crippen LogP) is 3.34. The van der Waals surface area contributed by atoms with Gasteiger partial charge in [0.2, 0.25) is 5.91 Å². The fraction of sp³-hybridized carbons (Fsp3) is 0.300. The zero-order chi connectivity index (χ0) is 18.8. The number of furan rings is 1. The molecule has 6 nitrogen and oxygen atoms in total. The molecule has 3 aromatic rings. The van der Waals surface area contributed by atoms with E-state index in [4.69, 9.17) is 9.15 Å². The van der Waals surface area contributed by atoms with Crippen molar-refractivity contribution >= 4 is 5.91 Å². The third kappa shape index (κ3) is 3.50. The van der Waals surface area contributed by atoms with Crippen molar-refractivity contribution < 1.29 is 18.3 Å². The maximum Gasteiger partial charge on any atom is 0.228 e. The Bertz CT molecular complexity index is 922. The lowest BCUT2D eigenvalue weighted by Gasteiger charge is -2.23. The Morgan fingerprint density at radius 1 is 1.33 bits per heavy atom. The molecule has 27 heavy (non-hydrogen) atoms. The molecule has 1 aromatic carbocycles. The third-order valence-corrected chi connectivity index (χ3v) is 4.79. The maximum absolute atomic E-state index is 14.0. The van der Waals surface area contributed by atoms with E-state index < -0.39 is 6.10 Å². The van der Waals surface area contributed by atoms with Gasteiger partial charge in [-0.05, 0) is 30.7 Å². The summed E-state index contributed by atoms with van der Waals surface area (Å²) in [4.78, 5) is 14.5. The van der Waals surface area contributed by atoms with E-state index in [9.17, 15) is 9.18 Å². The van der Waals surface area contributed by atoms with Gasteiger partial charge in [0.15, 0.2) is 0 Å². The molecule has 1 amide bonds. The first-order valence-electron chi connectivity index (χ1n) is 8.82. The summed E-state index contributed by atoms with van der Waals surface area (Å²) in [5.74, 6) is 0.0646. The van der Waals surface area contributed by atoms with Gasteiger partial charge in [-0.2, -0.15) is 5.10 Å². The van der Waals surface area contributed by atoms with Crippen LogP contribution in [0.4, 0.5) is 4.39 Å². The van der Waals surface area contributed by atoms with Crippen LogP contribution >= 0.6 is 0 Å². The lowest BCUT2D eigenvalue weighted by molar-refractivity contribution is -0.136. The Hall–Kier alpha value is -2.93. The monoisotopic (exact) mass is 369 g/mol. The van der Waals surface area contributed by atoms with Crippen LogP contribution in [-0.2, 0) is 16.1 Å². The van der Waals surface area contributed by atoms with Crippen LogP contribution in [0.3, 0.4) is 0 Å². The molecule has 0 unspecified atom stereocenters. The molecule has 1 fully saturated rings. The highest BCUT2D eigenvalue weighted by molar-refractivity contribution is 5.79. The van der Waals surface area contributed by atoms with Gasteiger partial charge < -0.3 is 14.1 Å². The molecule has 0 radical (unpaired) electrons. The van der Waals surface area contributed by atoms with Crippen molar-refractivity contribution in [1.29, 1.82) is 0 Å². The second-order valence-electron chi connectivity index (χ2n) is 6.63. The molecular weight excluding hydrogens is 349 g/mol. The number of para-hydroxylation sites is 1. The fourth-order valence-corrected chi connectivity index (χ4v) is 3.42. The van der Waals surface area contributed by atoms with Crippen LogP contribution in [0.1, 0.15) is 23.8 Å². The van der Waals surface area contributed by atoms with E-state index in [1.54, 1.807) is 54.9 Å². The van der Waals surface area contributed by atoms with Gasteiger partial charge in [-0.15, -0.1) is 0 Å². The molecule has 140 valence electrons. The largest absolute Gasteiger partial charge is 0.467 e. The molecule has 2 aromatic heterocycles. The van der Waals surface area contributed by atoms with E-state index in [1.165, 1.54) is 10.7 Å². The fourth-order valence-electron chi connectivity index (χ4n) is 3.42. The molecular formula is C20H20FN3O3. The van der Waals surface area contributed by atoms with E-state index in [0.29, 0.717) is 25.3 Å². The Kier molecular flexibility index (Phi) is 4.77. The van der Waals surface area contributed by atoms with E-state index >= 15 is 0 Å². The smallest absolute Gasteiger partial charge is 0.228 e. The summed E-state index contributed by atoms with van der Waals surface area (Å²) in [6.07, 6.45) is 5.19. The highest BCUT2D eigenvalue weighted by atomic mass is 19.1. The van der Waals surface area contributed by atoms with Crippen molar-refractivity contribution in [1.82, 2.24) is 14.7 Å². The summed E-state index contributed by atoms with van der Waals surface area (Å²) in [5, 5.41) is 4.25. The number of amides is 1. The van der Waals surface area contributed by atoms with Crippen LogP contribution in [0.2, 0.25) is 0 Å². The van der Waals surface area contributed by atoms with Crippen molar-refractivity contribution in [2.45, 2.75) is 19.1 Å². The second kappa shape index (κ2) is 7.36. The number of carbonyl (C=O) groups is 1. The average Bonchev–Trinajstić information content (AvgIpc) is 3.42. The number of aromatic nitrogens is 2. The number of hydrogen-bond acceptors (Lipinski definition) is 4. The van der Waals surface area contributed by atoms with Crippen LogP contribution in [0, 0.1) is 11.7 Å². The van der Waals surface area contributed by atoms with Crippen molar-refractivity contribution in [2.75, 3.05) is 13.7 Å². The standard InChI is InChI=1S/C20H20FN3O3/c1-23(13-15-5-4-9-26-15)20(25)16-8-10-27-19(16)14-11-22-24(12-14)18-7-3-2-6-17(18)21/h2-7,9,11-12,16,19H,8,10,13H2,1H3/t16-,19+/m0/s1. The van der Waals surface area contributed by atoms with Crippen LogP contribution in [0.15, 0.2) is 59.5 Å². The first-order chi connectivity index (χ1) is 13.1. The van der Waals surface area contributed by atoms with Crippen molar-refractivity contribution in [2.24, 2.45) is 5.92 Å². The Morgan fingerprint density at radius 3 is 2.96 bits per heavy atom. The zero-order valence-corrected chi connectivity index (χ0v) is 14.9. The van der Waals surface area contributed by atoms with Gasteiger partial charge in [0.25, 0.3) is 0 Å². The van der Waals surface area contributed by atoms with Gasteiger partial charge in [0.1, 0.15) is 17.3 Å². The molecule has 0 saturated carbocycles. The van der Waals surface area contributed by atoms with Crippen LogP contribution in [0.5, 0.6) is 0 Å². The summed E-state index contributed by atoms with van der Waals surface area (Å²) >= 11 is 0. The van der Waals surface area contributed by atoms with E-state index in [2.05, 4.69) is 5.10 Å². The molecule has 1 aliphatic heterocycles. The molecule has 0 aliphatic carbocycles. The summed E-state index contributed by atoms with van der Waals surface area (Å²) in [5.41, 5.74) is 1.13. The minimum atomic E-state index is -0.392. The van der Waals surface area contributed by atoms with Crippen LogP contribution < -0.4 is 0 Å². The first kappa shape index (κ1) is 17.5. The molecule has 1 saturated heterocycles. The highest BCUT2D eigenvalue weighted by Gasteiger charge is 2.37. The van der Waals surface area contributed by atoms with Gasteiger partial charge in [0.05, 0.1) is 31.0 Å². The molecule has 0 spiro atoms. The number of carbonyl (C=O) groups excluding carboxylic acids is 1. The normalized spacial score (nSPS) is 19.3. The van der Waals surface area contributed by atoms with Crippen molar-refractivity contribution in [3.8, 4) is 5.69 Å². The quantitative estimate of drug-likeness (QED) is 0.692. The summed E-state index contributed by atoms with van der Waals surface area (Å²) in [7, 11) is 1.75. The minimum Gasteiger partial charge on any atom is -0.467 e. The van der Waals surface area contributed by atoms with E-state index in [0.717, 1.165) is 11.3 Å². The SMILES string of the molecule is CN(Cc1ccco1)C(=O)[C@H]1CCO[C@@H]1c1cnn(-c2ccccc2F)c1. The first-order valence-corrected chi connectivity index (χ1v) is 8.82. The van der Waals surface area contributed by atoms with Gasteiger partial charge in [0, 0.05) is 25.4 Å². The molecule has 1 aliphatic rings. The summed E-state index contributed by atoms with van der Waals surface area (Å²) in [6.45, 7) is 0.907. The van der Waals surface area contributed by atoms with Gasteiger partial charge in [-0.1, -0.05) is 12.1 Å². The van der Waals surface area contributed by atoms with Gasteiger partial charge in [-0.3, -0.25) is 4.79 Å². The van der Waals surface area contributed by atoms with Crippen LogP contribution in [0.25, 0.3) is 5.69 Å². The highest BCUT2D eigenvalue weighted by Crippen LogP contribution is 2.36. The molecule has 7 heteroatoms. The predicted molar refractivity (Wildman–Crippen MR) is 95.5 cm³/mol. The Morgan fingerprint density at radius 2 is 2.19 bits per heavy atom. The second-order valence-corrected chi connectivity index (χ2v) is 6.63. The third-order valence-electron chi connectivity index (χ3n) is 4.79. The number of ether oxygens (including phenoxy) is 1. The van der Waals surface area contributed by atoms with Gasteiger partial charge in [-0.25, -0.2) is 9.07 Å². The molecule has 3 heterocycles. The van der Waals surface area contributed by atoms with Crippen LogP contribution in [-0.4, -0.2) is 34.2 Å². The topological polar surface area (TPSA) is 60.5 Å². The maximum atomic E-state index is 14.0. The van der Waals surface area contributed by atoms with Crippen molar-refractivity contribution in [3.05, 3.63) is 72.2 Å². The van der Waals surface area contributed by atoms with Gasteiger partial charge >= 0.3 is 0 Å². The average molecular weight is 369 g/mol. The molecule has 0 N–H and O–H groups in total. The lowest BCUT2D eigenvalue weighted by Crippen LogP contribution is -2.33. The zero-order valence-electron chi connectivity index (χ0n) is 14.9. The Labute approximate surface area is 156 Å².